The Morgan fingerprint density at radius 2 is 0.375 bits per heavy atom. The standard InChI is InChI=1S/2C18H15P.HI.Pt/c2*1-4-10-16(11-5-1)19(17-12-6-2-7-13-17)18-14-8-3-9-15-18;;/h2*1-15H;1H;/q;;;+1/p+1. The Morgan fingerprint density at radius 1 is 0.250 bits per heavy atom. The minimum absolute atomic E-state index is 0.877. The van der Waals surface area contributed by atoms with Crippen LogP contribution in [0.25, 0.3) is 0 Å². The first-order chi connectivity index (χ1) is 19.9. The van der Waals surface area contributed by atoms with Gasteiger partial charge < -0.3 is 0 Å². The molecule has 0 unspecified atom stereocenters. The SMILES string of the molecule is [I][Pt].c1ccc([PH+](c2ccccc2)c2ccccc2)cc1.c1ccc([PH+](c2ccccc2)c2ccccc2)cc1. The largest absolute Gasteiger partial charge is 0.102 e. The summed E-state index contributed by atoms with van der Waals surface area (Å²) in [5.41, 5.74) is 0. The molecule has 6 aromatic carbocycles. The normalized spacial score (nSPS) is 10.2. The van der Waals surface area contributed by atoms with Gasteiger partial charge >= 0.3 is 35.5 Å². The second kappa shape index (κ2) is 17.4. The van der Waals surface area contributed by atoms with Crippen LogP contribution in [0, 0.1) is 0 Å². The van der Waals surface area contributed by atoms with Crippen LogP contribution in [0.4, 0.5) is 0 Å². The Morgan fingerprint density at radius 3 is 0.500 bits per heavy atom. The number of rotatable bonds is 6. The number of benzene rings is 6. The quantitative estimate of drug-likeness (QED) is 0.123. The molecule has 0 N–H and O–H groups in total. The van der Waals surface area contributed by atoms with Crippen LogP contribution >= 0.6 is 35.2 Å². The third kappa shape index (κ3) is 8.80. The van der Waals surface area contributed by atoms with Crippen molar-refractivity contribution in [2.45, 2.75) is 0 Å². The maximum atomic E-state index is 2.24. The van der Waals surface area contributed by atoms with Gasteiger partial charge in [-0.25, -0.2) is 0 Å². The summed E-state index contributed by atoms with van der Waals surface area (Å²) in [7, 11) is -1.75. The second-order valence-corrected chi connectivity index (χ2v) is 13.9. The van der Waals surface area contributed by atoms with Crippen molar-refractivity contribution in [1.82, 2.24) is 0 Å². The Kier molecular flexibility index (Phi) is 13.3. The molecule has 0 atom stereocenters. The van der Waals surface area contributed by atoms with E-state index in [1.165, 1.54) is 31.8 Å². The Balaban J connectivity index is 0.000000174. The smallest absolute Gasteiger partial charge is 0.0620 e. The van der Waals surface area contributed by atoms with Gasteiger partial charge in [0.15, 0.2) is 0 Å². The van der Waals surface area contributed by atoms with Gasteiger partial charge in [0, 0.05) is 0 Å². The monoisotopic (exact) mass is 848 g/mol. The van der Waals surface area contributed by atoms with Crippen LogP contribution in [0.5, 0.6) is 0 Å². The first kappa shape index (κ1) is 30.6. The van der Waals surface area contributed by atoms with E-state index in [0.29, 0.717) is 0 Å². The van der Waals surface area contributed by atoms with Crippen LogP contribution in [0.2, 0.25) is 0 Å². The van der Waals surface area contributed by atoms with Gasteiger partial charge in [-0.05, 0) is 72.8 Å². The average molecular weight is 849 g/mol. The van der Waals surface area contributed by atoms with E-state index in [9.17, 15) is 0 Å². The van der Waals surface area contributed by atoms with Gasteiger partial charge in [-0.1, -0.05) is 109 Å². The Hall–Kier alpha value is -2.40. The van der Waals surface area contributed by atoms with Crippen LogP contribution in [0.3, 0.4) is 0 Å². The molecule has 6 aromatic rings. The summed E-state index contributed by atoms with van der Waals surface area (Å²) in [6.45, 7) is 0. The van der Waals surface area contributed by atoms with Gasteiger partial charge in [-0.3, -0.25) is 0 Å². The van der Waals surface area contributed by atoms with E-state index in [0.717, 1.165) is 0 Å². The summed E-state index contributed by atoms with van der Waals surface area (Å²) < 4.78 is 0. The molecule has 0 radical (unpaired) electrons. The minimum atomic E-state index is -0.877. The molecular formula is C36H32IP2Pt+2. The molecular weight excluding hydrogens is 816 g/mol. The van der Waals surface area contributed by atoms with Crippen molar-refractivity contribution in [3.05, 3.63) is 182 Å². The summed E-state index contributed by atoms with van der Waals surface area (Å²) >= 11 is 4.23. The molecule has 6 rings (SSSR count). The van der Waals surface area contributed by atoms with Crippen LogP contribution in [0.1, 0.15) is 0 Å². The molecule has 0 spiro atoms. The summed E-state index contributed by atoms with van der Waals surface area (Å²) in [6, 6.07) is 65.0. The Bertz CT molecular complexity index is 1180. The van der Waals surface area contributed by atoms with Gasteiger partial charge in [-0.15, -0.1) is 0 Å². The molecule has 0 heterocycles. The van der Waals surface area contributed by atoms with E-state index in [1.807, 2.05) is 0 Å². The third-order valence-electron chi connectivity index (χ3n) is 6.37. The zero-order valence-electron chi connectivity index (χ0n) is 22.0. The molecule has 0 saturated heterocycles. The van der Waals surface area contributed by atoms with E-state index < -0.39 is 15.8 Å². The van der Waals surface area contributed by atoms with Crippen LogP contribution in [-0.4, -0.2) is 0 Å². The predicted octanol–water partition coefficient (Wildman–Crippen LogP) is 7.24. The van der Waals surface area contributed by atoms with Crippen molar-refractivity contribution < 1.29 is 16.1 Å². The first-order valence-corrected chi connectivity index (χ1v) is 22.5. The fraction of sp³-hybridized carbons (Fsp3) is 0. The minimum Gasteiger partial charge on any atom is -0.0620 e. The van der Waals surface area contributed by atoms with Crippen molar-refractivity contribution in [2.24, 2.45) is 0 Å². The maximum absolute atomic E-state index is 2.24. The predicted molar refractivity (Wildman–Crippen MR) is 187 cm³/mol. The van der Waals surface area contributed by atoms with Gasteiger partial charge in [0.2, 0.25) is 0 Å². The van der Waals surface area contributed by atoms with Gasteiger partial charge in [0.1, 0.15) is 31.8 Å². The zero-order valence-corrected chi connectivity index (χ0v) is 28.4. The van der Waals surface area contributed by atoms with Crippen LogP contribution in [-0.2, 0) is 16.1 Å². The summed E-state index contributed by atoms with van der Waals surface area (Å²) in [6.07, 6.45) is 0. The summed E-state index contributed by atoms with van der Waals surface area (Å²) in [5.74, 6) is 0. The van der Waals surface area contributed by atoms with E-state index in [1.54, 1.807) is 0 Å². The summed E-state index contributed by atoms with van der Waals surface area (Å²) in [4.78, 5) is 0. The van der Waals surface area contributed by atoms with Crippen molar-refractivity contribution in [3.63, 3.8) is 0 Å². The number of hydrogen-bond donors (Lipinski definition) is 0. The molecule has 0 aliphatic carbocycles. The molecule has 40 heavy (non-hydrogen) atoms. The Labute approximate surface area is 263 Å². The first-order valence-electron chi connectivity index (χ1n) is 13.1. The molecule has 0 nitrogen and oxygen atoms in total. The molecule has 0 amide bonds. The summed E-state index contributed by atoms with van der Waals surface area (Å²) in [5, 5.41) is 8.61. The topological polar surface area (TPSA) is 0 Å². The van der Waals surface area contributed by atoms with Gasteiger partial charge in [0.25, 0.3) is 0 Å². The fourth-order valence-corrected chi connectivity index (χ4v) is 9.78. The molecule has 0 aromatic heterocycles. The molecule has 0 fully saturated rings. The fourth-order valence-electron chi connectivity index (χ4n) is 4.63. The van der Waals surface area contributed by atoms with Crippen molar-refractivity contribution in [3.8, 4) is 0 Å². The molecule has 0 aliphatic rings. The zero-order chi connectivity index (χ0) is 27.8. The molecule has 201 valence electrons. The van der Waals surface area contributed by atoms with E-state index in [2.05, 4.69) is 217 Å². The van der Waals surface area contributed by atoms with Crippen LogP contribution < -0.4 is 31.8 Å². The van der Waals surface area contributed by atoms with Crippen LogP contribution in [0.15, 0.2) is 182 Å². The van der Waals surface area contributed by atoms with Gasteiger partial charge in [-0.2, -0.15) is 0 Å². The maximum Gasteiger partial charge on any atom is 0.102 e. The van der Waals surface area contributed by atoms with E-state index in [-0.39, 0.29) is 0 Å². The molecule has 4 heteroatoms. The average Bonchev–Trinajstić information content (AvgIpc) is 3.06. The van der Waals surface area contributed by atoms with E-state index >= 15 is 0 Å². The second-order valence-electron chi connectivity index (χ2n) is 8.95. The molecule has 0 saturated carbocycles. The number of halogens is 1. The van der Waals surface area contributed by atoms with Crippen molar-refractivity contribution in [1.29, 1.82) is 0 Å². The third-order valence-corrected chi connectivity index (χ3v) is 11.8. The molecule has 0 bridgehead atoms. The molecule has 0 aliphatic heterocycles. The van der Waals surface area contributed by atoms with Crippen molar-refractivity contribution in [2.75, 3.05) is 0 Å². The number of hydrogen-bond acceptors (Lipinski definition) is 0. The van der Waals surface area contributed by atoms with Crippen molar-refractivity contribution >= 4 is 67.0 Å². The van der Waals surface area contributed by atoms with Gasteiger partial charge in [0.05, 0.1) is 15.8 Å². The van der Waals surface area contributed by atoms with E-state index in [4.69, 9.17) is 0 Å².